The highest BCUT2D eigenvalue weighted by atomic mass is 19.1. The van der Waals surface area contributed by atoms with Gasteiger partial charge < -0.3 is 14.3 Å². The maximum atomic E-state index is 13.8. The van der Waals surface area contributed by atoms with E-state index >= 15 is 0 Å². The van der Waals surface area contributed by atoms with Gasteiger partial charge in [0.25, 0.3) is 0 Å². The van der Waals surface area contributed by atoms with Gasteiger partial charge in [0.15, 0.2) is 17.5 Å². The van der Waals surface area contributed by atoms with Gasteiger partial charge in [-0.3, -0.25) is 4.79 Å². The second-order valence-electron chi connectivity index (χ2n) is 5.71. The highest BCUT2D eigenvalue weighted by Crippen LogP contribution is 2.24. The first-order valence-electron chi connectivity index (χ1n) is 7.92. The van der Waals surface area contributed by atoms with Crippen LogP contribution in [0, 0.1) is 18.6 Å². The summed E-state index contributed by atoms with van der Waals surface area (Å²) in [5.74, 6) is -0.404. The van der Waals surface area contributed by atoms with Crippen LogP contribution in [0.5, 0.6) is 0 Å². The largest absolute Gasteiger partial charge is 0.441 e. The Morgan fingerprint density at radius 1 is 1.35 bits per heavy atom. The molecule has 0 aliphatic carbocycles. The number of benzene rings is 1. The normalized spacial score (nSPS) is 12.2. The predicted octanol–water partition coefficient (Wildman–Crippen LogP) is 3.12. The lowest BCUT2D eigenvalue weighted by Crippen LogP contribution is -2.27. The van der Waals surface area contributed by atoms with Crippen molar-refractivity contribution in [2.75, 3.05) is 0 Å². The molecule has 136 valence electrons. The number of nitrogens with one attached hydrogen (secondary N) is 1. The topological polar surface area (TPSA) is 94.1 Å². The van der Waals surface area contributed by atoms with Gasteiger partial charge in [-0.05, 0) is 26.0 Å². The van der Waals surface area contributed by atoms with Crippen molar-refractivity contribution in [1.82, 2.24) is 20.4 Å². The fourth-order valence-corrected chi connectivity index (χ4v) is 2.32. The predicted molar refractivity (Wildman–Crippen MR) is 85.8 cm³/mol. The third-order valence-corrected chi connectivity index (χ3v) is 3.61. The Morgan fingerprint density at radius 2 is 2.15 bits per heavy atom. The van der Waals surface area contributed by atoms with Crippen molar-refractivity contribution in [3.63, 3.8) is 0 Å². The Labute approximate surface area is 147 Å². The molecule has 26 heavy (non-hydrogen) atoms. The van der Waals surface area contributed by atoms with Gasteiger partial charge in [-0.15, -0.1) is 0 Å². The molecule has 0 fully saturated rings. The number of hydrogen-bond acceptors (Lipinski definition) is 6. The molecule has 2 aromatic heterocycles. The Kier molecular flexibility index (Phi) is 5.06. The van der Waals surface area contributed by atoms with Gasteiger partial charge in [-0.1, -0.05) is 5.16 Å². The molecule has 2 heterocycles. The second-order valence-corrected chi connectivity index (χ2v) is 5.71. The summed E-state index contributed by atoms with van der Waals surface area (Å²) >= 11 is 0. The van der Waals surface area contributed by atoms with E-state index in [1.165, 1.54) is 12.3 Å². The third-order valence-electron chi connectivity index (χ3n) is 3.61. The molecule has 0 saturated heterocycles. The van der Waals surface area contributed by atoms with Gasteiger partial charge in [-0.25, -0.2) is 13.8 Å². The smallest absolute Gasteiger partial charge is 0.248 e. The summed E-state index contributed by atoms with van der Waals surface area (Å²) in [6.45, 7) is 3.41. The first-order chi connectivity index (χ1) is 12.4. The minimum atomic E-state index is -0.742. The van der Waals surface area contributed by atoms with E-state index in [9.17, 15) is 13.6 Å². The maximum absolute atomic E-state index is 13.8. The Hall–Kier alpha value is -3.10. The zero-order valence-electron chi connectivity index (χ0n) is 14.1. The number of hydrogen-bond donors (Lipinski definition) is 1. The number of carbonyl (C=O) groups excluding carboxylic acids is 1. The molecule has 1 aromatic carbocycles. The SMILES string of the molecule is Cc1noc([C@@H](C)NC(=O)CCc2ncc(-c3ccc(F)cc3F)o2)n1. The number of rotatable bonds is 6. The standard InChI is InChI=1S/C17H16F2N4O3/c1-9(17-22-10(2)23-26-17)21-15(24)5-6-16-20-8-14(25-16)12-4-3-11(18)7-13(12)19/h3-4,7-9H,5-6H2,1-2H3,(H,21,24)/t9-/m1/s1. The van der Waals surface area contributed by atoms with Crippen LogP contribution in [-0.2, 0) is 11.2 Å². The highest BCUT2D eigenvalue weighted by Gasteiger charge is 2.17. The summed E-state index contributed by atoms with van der Waals surface area (Å²) in [6, 6.07) is 2.76. The van der Waals surface area contributed by atoms with Crippen LogP contribution in [0.1, 0.15) is 37.0 Å². The number of carbonyl (C=O) groups is 1. The van der Waals surface area contributed by atoms with E-state index in [-0.39, 0.29) is 36.0 Å². The Bertz CT molecular complexity index is 922. The average Bonchev–Trinajstić information content (AvgIpc) is 3.22. The van der Waals surface area contributed by atoms with Crippen molar-refractivity contribution in [3.05, 3.63) is 53.6 Å². The molecule has 1 atom stereocenters. The second kappa shape index (κ2) is 7.42. The molecule has 9 heteroatoms. The summed E-state index contributed by atoms with van der Waals surface area (Å²) < 4.78 is 37.1. The van der Waals surface area contributed by atoms with Crippen molar-refractivity contribution in [2.45, 2.75) is 32.7 Å². The summed E-state index contributed by atoms with van der Waals surface area (Å²) in [6.07, 6.45) is 1.68. The molecule has 1 amide bonds. The van der Waals surface area contributed by atoms with Gasteiger partial charge in [-0.2, -0.15) is 4.98 Å². The van der Waals surface area contributed by atoms with Crippen molar-refractivity contribution < 1.29 is 22.5 Å². The molecule has 0 bridgehead atoms. The van der Waals surface area contributed by atoms with Crippen LogP contribution in [0.2, 0.25) is 0 Å². The molecular formula is C17H16F2N4O3. The first kappa shape index (κ1) is 17.7. The van der Waals surface area contributed by atoms with Crippen LogP contribution in [0.4, 0.5) is 8.78 Å². The van der Waals surface area contributed by atoms with E-state index in [1.807, 2.05) is 0 Å². The molecule has 0 aliphatic heterocycles. The zero-order chi connectivity index (χ0) is 18.7. The first-order valence-corrected chi connectivity index (χ1v) is 7.92. The van der Waals surface area contributed by atoms with Crippen molar-refractivity contribution in [3.8, 4) is 11.3 Å². The molecule has 0 spiro atoms. The van der Waals surface area contributed by atoms with Gasteiger partial charge in [0.1, 0.15) is 17.7 Å². The van der Waals surface area contributed by atoms with Gasteiger partial charge in [0.05, 0.1) is 11.8 Å². The van der Waals surface area contributed by atoms with Gasteiger partial charge in [0, 0.05) is 18.9 Å². The summed E-state index contributed by atoms with van der Waals surface area (Å²) in [7, 11) is 0. The molecule has 0 unspecified atom stereocenters. The highest BCUT2D eigenvalue weighted by molar-refractivity contribution is 5.76. The third kappa shape index (κ3) is 4.11. The molecule has 0 radical (unpaired) electrons. The van der Waals surface area contributed by atoms with E-state index in [1.54, 1.807) is 13.8 Å². The molecule has 0 saturated carbocycles. The van der Waals surface area contributed by atoms with Gasteiger partial charge in [0.2, 0.25) is 11.8 Å². The monoisotopic (exact) mass is 362 g/mol. The van der Waals surface area contributed by atoms with Crippen LogP contribution < -0.4 is 5.32 Å². The quantitative estimate of drug-likeness (QED) is 0.724. The maximum Gasteiger partial charge on any atom is 0.248 e. The Balaban J connectivity index is 1.57. The summed E-state index contributed by atoms with van der Waals surface area (Å²) in [5.41, 5.74) is 0.106. The van der Waals surface area contributed by atoms with Crippen molar-refractivity contribution >= 4 is 5.91 Å². The number of aryl methyl sites for hydroxylation is 2. The van der Waals surface area contributed by atoms with E-state index in [0.717, 1.165) is 12.1 Å². The van der Waals surface area contributed by atoms with Crippen LogP contribution in [0.25, 0.3) is 11.3 Å². The molecular weight excluding hydrogens is 346 g/mol. The number of halogens is 2. The lowest BCUT2D eigenvalue weighted by atomic mass is 10.2. The minimum Gasteiger partial charge on any atom is -0.441 e. The van der Waals surface area contributed by atoms with Crippen LogP contribution >= 0.6 is 0 Å². The van der Waals surface area contributed by atoms with E-state index in [2.05, 4.69) is 20.4 Å². The average molecular weight is 362 g/mol. The lowest BCUT2D eigenvalue weighted by Gasteiger charge is -2.08. The lowest BCUT2D eigenvalue weighted by molar-refractivity contribution is -0.121. The number of oxazole rings is 1. The van der Waals surface area contributed by atoms with Crippen LogP contribution in [0.3, 0.4) is 0 Å². The fraction of sp³-hybridized carbons (Fsp3) is 0.294. The van der Waals surface area contributed by atoms with Gasteiger partial charge >= 0.3 is 0 Å². The number of amides is 1. The summed E-state index contributed by atoms with van der Waals surface area (Å²) in [5, 5.41) is 6.39. The van der Waals surface area contributed by atoms with Crippen LogP contribution in [0.15, 0.2) is 33.3 Å². The molecule has 1 N–H and O–H groups in total. The van der Waals surface area contributed by atoms with E-state index in [4.69, 9.17) is 8.94 Å². The molecule has 7 nitrogen and oxygen atoms in total. The van der Waals surface area contributed by atoms with E-state index < -0.39 is 17.7 Å². The minimum absolute atomic E-state index is 0.106. The molecule has 3 rings (SSSR count). The zero-order valence-corrected chi connectivity index (χ0v) is 14.1. The molecule has 0 aliphatic rings. The molecule has 3 aromatic rings. The van der Waals surface area contributed by atoms with E-state index in [0.29, 0.717) is 11.7 Å². The number of nitrogens with zero attached hydrogens (tertiary/aromatic N) is 3. The van der Waals surface area contributed by atoms with Crippen molar-refractivity contribution in [2.24, 2.45) is 0 Å². The number of aromatic nitrogens is 3. The Morgan fingerprint density at radius 3 is 2.85 bits per heavy atom. The summed E-state index contributed by atoms with van der Waals surface area (Å²) in [4.78, 5) is 20.1. The van der Waals surface area contributed by atoms with Crippen molar-refractivity contribution in [1.29, 1.82) is 0 Å². The van der Waals surface area contributed by atoms with Crippen LogP contribution in [-0.4, -0.2) is 21.0 Å². The fourth-order valence-electron chi connectivity index (χ4n) is 2.32.